The van der Waals surface area contributed by atoms with Crippen LogP contribution in [0.5, 0.6) is 0 Å². The summed E-state index contributed by atoms with van der Waals surface area (Å²) in [6, 6.07) is 4.36. The van der Waals surface area contributed by atoms with Crippen molar-refractivity contribution in [1.29, 1.82) is 0 Å². The number of carbonyl (C=O) groups is 3. The van der Waals surface area contributed by atoms with Crippen molar-refractivity contribution < 1.29 is 24.0 Å². The van der Waals surface area contributed by atoms with Gasteiger partial charge in [0.1, 0.15) is 6.04 Å². The van der Waals surface area contributed by atoms with E-state index < -0.39 is 28.8 Å². The SMILES string of the molecule is CCOC(=O)C[C@H](c1ccc([N+](=O)[O-])cc1)[C@@H](NC(=O)CC1CCCC1)C(N)=O. The van der Waals surface area contributed by atoms with Gasteiger partial charge in [-0.3, -0.25) is 24.5 Å². The van der Waals surface area contributed by atoms with Crippen LogP contribution in [0.1, 0.15) is 56.9 Å². The smallest absolute Gasteiger partial charge is 0.306 e. The van der Waals surface area contributed by atoms with Crippen molar-refractivity contribution in [1.82, 2.24) is 5.32 Å². The number of primary amides is 1. The molecule has 0 unspecified atom stereocenters. The fourth-order valence-electron chi connectivity index (χ4n) is 3.75. The molecule has 1 aliphatic carbocycles. The molecule has 1 aromatic rings. The monoisotopic (exact) mass is 405 g/mol. The van der Waals surface area contributed by atoms with Crippen LogP contribution in [-0.4, -0.2) is 35.4 Å². The first-order chi connectivity index (χ1) is 13.8. The van der Waals surface area contributed by atoms with Gasteiger partial charge in [0.05, 0.1) is 18.0 Å². The van der Waals surface area contributed by atoms with E-state index in [0.29, 0.717) is 12.0 Å². The van der Waals surface area contributed by atoms with Crippen molar-refractivity contribution in [2.45, 2.75) is 57.4 Å². The Balaban J connectivity index is 2.23. The first kappa shape index (κ1) is 22.3. The van der Waals surface area contributed by atoms with Gasteiger partial charge in [-0.25, -0.2) is 0 Å². The van der Waals surface area contributed by atoms with E-state index in [2.05, 4.69) is 5.32 Å². The summed E-state index contributed by atoms with van der Waals surface area (Å²) in [5.74, 6) is -2.13. The Hall–Kier alpha value is -2.97. The highest BCUT2D eigenvalue weighted by Gasteiger charge is 2.33. The molecule has 9 nitrogen and oxygen atoms in total. The summed E-state index contributed by atoms with van der Waals surface area (Å²) in [5, 5.41) is 13.6. The molecule has 29 heavy (non-hydrogen) atoms. The highest BCUT2D eigenvalue weighted by Crippen LogP contribution is 2.29. The number of benzene rings is 1. The topological polar surface area (TPSA) is 142 Å². The van der Waals surface area contributed by atoms with Gasteiger partial charge in [0.25, 0.3) is 5.69 Å². The van der Waals surface area contributed by atoms with Crippen molar-refractivity contribution >= 4 is 23.5 Å². The third kappa shape index (κ3) is 6.55. The number of nitrogens with zero attached hydrogens (tertiary/aromatic N) is 1. The number of nitro groups is 1. The highest BCUT2D eigenvalue weighted by atomic mass is 16.6. The van der Waals surface area contributed by atoms with Gasteiger partial charge in [-0.15, -0.1) is 0 Å². The molecule has 0 radical (unpaired) electrons. The van der Waals surface area contributed by atoms with Crippen LogP contribution in [0, 0.1) is 16.0 Å². The second-order valence-corrected chi connectivity index (χ2v) is 7.27. The molecule has 0 aliphatic heterocycles. The number of non-ortho nitro benzene ring substituents is 1. The zero-order valence-electron chi connectivity index (χ0n) is 16.5. The lowest BCUT2D eigenvalue weighted by Gasteiger charge is -2.26. The van der Waals surface area contributed by atoms with Crippen LogP contribution in [0.25, 0.3) is 0 Å². The average Bonchev–Trinajstić information content (AvgIpc) is 3.17. The van der Waals surface area contributed by atoms with E-state index in [1.807, 2.05) is 0 Å². The zero-order chi connectivity index (χ0) is 21.4. The van der Waals surface area contributed by atoms with Crippen LogP contribution in [0.3, 0.4) is 0 Å². The maximum Gasteiger partial charge on any atom is 0.306 e. The molecule has 158 valence electrons. The maximum absolute atomic E-state index is 12.5. The maximum atomic E-state index is 12.5. The molecule has 0 aromatic heterocycles. The van der Waals surface area contributed by atoms with Crippen LogP contribution >= 0.6 is 0 Å². The second-order valence-electron chi connectivity index (χ2n) is 7.27. The number of nitro benzene ring substituents is 1. The number of hydrogen-bond donors (Lipinski definition) is 2. The number of amides is 2. The molecular formula is C20H27N3O6. The summed E-state index contributed by atoms with van der Waals surface area (Å²) in [6.07, 6.45) is 4.24. The van der Waals surface area contributed by atoms with Crippen LogP contribution in [0.2, 0.25) is 0 Å². The van der Waals surface area contributed by atoms with Crippen molar-refractivity contribution in [3.05, 3.63) is 39.9 Å². The van der Waals surface area contributed by atoms with E-state index >= 15 is 0 Å². The van der Waals surface area contributed by atoms with Crippen molar-refractivity contribution in [3.63, 3.8) is 0 Å². The largest absolute Gasteiger partial charge is 0.466 e. The summed E-state index contributed by atoms with van der Waals surface area (Å²) in [4.78, 5) is 47.1. The highest BCUT2D eigenvalue weighted by molar-refractivity contribution is 5.88. The summed E-state index contributed by atoms with van der Waals surface area (Å²) < 4.78 is 4.99. The van der Waals surface area contributed by atoms with Gasteiger partial charge in [0.2, 0.25) is 11.8 Å². The fourth-order valence-corrected chi connectivity index (χ4v) is 3.75. The summed E-state index contributed by atoms with van der Waals surface area (Å²) in [7, 11) is 0. The van der Waals surface area contributed by atoms with Gasteiger partial charge in [0.15, 0.2) is 0 Å². The number of carbonyl (C=O) groups excluding carboxylic acids is 3. The number of ether oxygens (including phenoxy) is 1. The Bertz CT molecular complexity index is 743. The third-order valence-corrected chi connectivity index (χ3v) is 5.20. The number of nitrogens with two attached hydrogens (primary N) is 1. The van der Waals surface area contributed by atoms with Crippen LogP contribution in [0.4, 0.5) is 5.69 Å². The molecule has 0 spiro atoms. The average molecular weight is 405 g/mol. The van der Waals surface area contributed by atoms with E-state index in [1.54, 1.807) is 6.92 Å². The van der Waals surface area contributed by atoms with Crippen LogP contribution in [-0.2, 0) is 19.1 Å². The minimum atomic E-state index is -1.13. The number of nitrogens with one attached hydrogen (secondary N) is 1. The van der Waals surface area contributed by atoms with E-state index in [0.717, 1.165) is 25.7 Å². The summed E-state index contributed by atoms with van der Waals surface area (Å²) >= 11 is 0. The standard InChI is InChI=1S/C20H27N3O6/c1-2-29-18(25)12-16(14-7-9-15(10-8-14)23(27)28)19(20(21)26)22-17(24)11-13-5-3-4-6-13/h7-10,13,16,19H,2-6,11-12H2,1H3,(H2,21,26)(H,22,24)/t16-,19-/m1/s1. The lowest BCUT2D eigenvalue weighted by atomic mass is 9.87. The molecule has 1 saturated carbocycles. The molecule has 1 aromatic carbocycles. The molecule has 1 fully saturated rings. The Morgan fingerprint density at radius 1 is 1.24 bits per heavy atom. The normalized spacial score (nSPS) is 16.0. The van der Waals surface area contributed by atoms with Gasteiger partial charge in [-0.2, -0.15) is 0 Å². The van der Waals surface area contributed by atoms with E-state index in [1.165, 1.54) is 24.3 Å². The second kappa shape index (κ2) is 10.5. The predicted molar refractivity (Wildman–Crippen MR) is 105 cm³/mol. The Kier molecular flexibility index (Phi) is 8.11. The van der Waals surface area contributed by atoms with E-state index in [9.17, 15) is 24.5 Å². The summed E-state index contributed by atoms with van der Waals surface area (Å²) in [6.45, 7) is 1.83. The molecule has 2 atom stereocenters. The van der Waals surface area contributed by atoms with E-state index in [4.69, 9.17) is 10.5 Å². The molecule has 9 heteroatoms. The lowest BCUT2D eigenvalue weighted by Crippen LogP contribution is -2.49. The Morgan fingerprint density at radius 3 is 2.38 bits per heavy atom. The fraction of sp³-hybridized carbons (Fsp3) is 0.550. The number of rotatable bonds is 10. The molecule has 0 heterocycles. The molecule has 2 rings (SSSR count). The van der Waals surface area contributed by atoms with Crippen LogP contribution in [0.15, 0.2) is 24.3 Å². The van der Waals surface area contributed by atoms with Gasteiger partial charge < -0.3 is 15.8 Å². The van der Waals surface area contributed by atoms with Crippen molar-refractivity contribution in [2.75, 3.05) is 6.61 Å². The quantitative estimate of drug-likeness (QED) is 0.347. The summed E-state index contributed by atoms with van der Waals surface area (Å²) in [5.41, 5.74) is 5.90. The van der Waals surface area contributed by atoms with Gasteiger partial charge in [-0.05, 0) is 31.2 Å². The minimum Gasteiger partial charge on any atom is -0.466 e. The molecular weight excluding hydrogens is 378 g/mol. The van der Waals surface area contributed by atoms with Gasteiger partial charge in [0, 0.05) is 24.5 Å². The predicted octanol–water partition coefficient (Wildman–Crippen LogP) is 2.18. The lowest BCUT2D eigenvalue weighted by molar-refractivity contribution is -0.384. The first-order valence-corrected chi connectivity index (χ1v) is 9.80. The van der Waals surface area contributed by atoms with Crippen LogP contribution < -0.4 is 11.1 Å². The number of hydrogen-bond acceptors (Lipinski definition) is 6. The Labute approximate surface area is 169 Å². The zero-order valence-corrected chi connectivity index (χ0v) is 16.5. The van der Waals surface area contributed by atoms with Gasteiger partial charge >= 0.3 is 5.97 Å². The third-order valence-electron chi connectivity index (χ3n) is 5.20. The van der Waals surface area contributed by atoms with Gasteiger partial charge in [-0.1, -0.05) is 25.0 Å². The number of esters is 1. The molecule has 2 amide bonds. The first-order valence-electron chi connectivity index (χ1n) is 9.80. The molecule has 0 bridgehead atoms. The molecule has 3 N–H and O–H groups in total. The minimum absolute atomic E-state index is 0.121. The molecule has 0 saturated heterocycles. The van der Waals surface area contributed by atoms with Crippen molar-refractivity contribution in [3.8, 4) is 0 Å². The van der Waals surface area contributed by atoms with Crippen molar-refractivity contribution in [2.24, 2.45) is 11.7 Å². The Morgan fingerprint density at radius 2 is 1.86 bits per heavy atom. The molecule has 1 aliphatic rings. The van der Waals surface area contributed by atoms with E-state index in [-0.39, 0.29) is 30.5 Å².